The predicted octanol–water partition coefficient (Wildman–Crippen LogP) is -0.126. The van der Waals surface area contributed by atoms with Gasteiger partial charge in [-0.25, -0.2) is 0 Å². The van der Waals surface area contributed by atoms with E-state index in [1.54, 1.807) is 0 Å². The summed E-state index contributed by atoms with van der Waals surface area (Å²) < 4.78 is 9.72. The van der Waals surface area contributed by atoms with Crippen LogP contribution in [0.25, 0.3) is 0 Å². The van der Waals surface area contributed by atoms with Gasteiger partial charge in [-0.2, -0.15) is 0 Å². The van der Waals surface area contributed by atoms with Crippen LogP contribution in [0.4, 0.5) is 0 Å². The van der Waals surface area contributed by atoms with Gasteiger partial charge in [0.05, 0.1) is 27.2 Å². The first-order valence-electron chi connectivity index (χ1n) is 3.93. The van der Waals surface area contributed by atoms with Crippen molar-refractivity contribution in [2.24, 2.45) is 0 Å². The second kappa shape index (κ2) is 6.92. The molecular formula is C8H18NO4P. The molecule has 0 aliphatic heterocycles. The SMILES string of the molecule is C=CC[N+](C)(C)CC=C.O=P([O-])(O)O. The molecular weight excluding hydrogens is 205 g/mol. The third kappa shape index (κ3) is 22.6. The zero-order valence-corrected chi connectivity index (χ0v) is 9.48. The smallest absolute Gasteiger partial charge is 0.262 e. The van der Waals surface area contributed by atoms with Crippen molar-refractivity contribution in [2.45, 2.75) is 0 Å². The van der Waals surface area contributed by atoms with E-state index in [0.717, 1.165) is 17.6 Å². The number of likely N-dealkylation sites (N-methyl/N-ethyl adjacent to an activating group) is 1. The van der Waals surface area contributed by atoms with E-state index in [0.29, 0.717) is 0 Å². The first-order valence-corrected chi connectivity index (χ1v) is 5.46. The third-order valence-electron chi connectivity index (χ3n) is 1.25. The van der Waals surface area contributed by atoms with Gasteiger partial charge in [-0.15, -0.1) is 0 Å². The highest BCUT2D eigenvalue weighted by Crippen LogP contribution is 2.18. The second-order valence-corrected chi connectivity index (χ2v) is 4.35. The molecule has 0 fully saturated rings. The molecule has 5 nitrogen and oxygen atoms in total. The number of rotatable bonds is 4. The highest BCUT2D eigenvalue weighted by atomic mass is 31.2. The molecule has 0 aromatic carbocycles. The summed E-state index contributed by atoms with van der Waals surface area (Å²) in [6.07, 6.45) is 3.87. The van der Waals surface area contributed by atoms with Gasteiger partial charge < -0.3 is 19.2 Å². The zero-order chi connectivity index (χ0) is 11.8. The summed E-state index contributed by atoms with van der Waals surface area (Å²) in [4.78, 5) is 22.9. The van der Waals surface area contributed by atoms with Crippen LogP contribution in [-0.2, 0) is 4.57 Å². The van der Waals surface area contributed by atoms with Crippen molar-refractivity contribution in [3.05, 3.63) is 25.3 Å². The molecule has 6 heteroatoms. The Morgan fingerprint density at radius 2 is 1.50 bits per heavy atom. The van der Waals surface area contributed by atoms with E-state index in [-0.39, 0.29) is 0 Å². The normalized spacial score (nSPS) is 11.2. The quantitative estimate of drug-likeness (QED) is 0.395. The number of hydrogen-bond acceptors (Lipinski definition) is 2. The number of nitrogens with zero attached hydrogens (tertiary/aromatic N) is 1. The zero-order valence-electron chi connectivity index (χ0n) is 8.59. The van der Waals surface area contributed by atoms with Crippen molar-refractivity contribution >= 4 is 7.82 Å². The molecule has 0 radical (unpaired) electrons. The molecule has 0 saturated carbocycles. The number of phosphoric acid groups is 1. The Bertz CT molecular complexity index is 201. The largest absolute Gasteiger partial charge is 0.756 e. The molecule has 0 atom stereocenters. The molecule has 0 aliphatic carbocycles. The summed E-state index contributed by atoms with van der Waals surface area (Å²) in [5.41, 5.74) is 0. The van der Waals surface area contributed by atoms with Crippen LogP contribution in [0.3, 0.4) is 0 Å². The Hall–Kier alpha value is -0.450. The van der Waals surface area contributed by atoms with Gasteiger partial charge in [-0.1, -0.05) is 13.2 Å². The van der Waals surface area contributed by atoms with Crippen LogP contribution in [-0.4, -0.2) is 41.5 Å². The molecule has 14 heavy (non-hydrogen) atoms. The number of quaternary nitrogens is 1. The molecule has 0 amide bonds. The van der Waals surface area contributed by atoms with Crippen molar-refractivity contribution in [2.75, 3.05) is 27.2 Å². The minimum absolute atomic E-state index is 0.951. The van der Waals surface area contributed by atoms with Crippen LogP contribution in [0.5, 0.6) is 0 Å². The maximum absolute atomic E-state index is 8.77. The van der Waals surface area contributed by atoms with Crippen molar-refractivity contribution in [3.8, 4) is 0 Å². The molecule has 0 aliphatic rings. The fourth-order valence-corrected chi connectivity index (χ4v) is 0.774. The molecule has 0 aromatic heterocycles. The fraction of sp³-hybridized carbons (Fsp3) is 0.500. The Labute approximate surface area is 84.8 Å². The standard InChI is InChI=1S/C8H16N.H3O4P/c1-5-7-9(3,4)8-6-2;1-5(2,3)4/h5-6H,1-2,7-8H2,3-4H3;(H3,1,2,3,4)/q+1;/p-1. The van der Waals surface area contributed by atoms with Crippen LogP contribution in [0, 0.1) is 0 Å². The molecule has 84 valence electrons. The van der Waals surface area contributed by atoms with Crippen LogP contribution in [0.1, 0.15) is 0 Å². The van der Waals surface area contributed by atoms with Crippen molar-refractivity contribution < 1.29 is 23.7 Å². The summed E-state index contributed by atoms with van der Waals surface area (Å²) in [6.45, 7) is 9.37. The van der Waals surface area contributed by atoms with E-state index in [1.807, 2.05) is 12.2 Å². The van der Waals surface area contributed by atoms with Gasteiger partial charge in [0.25, 0.3) is 7.82 Å². The van der Waals surface area contributed by atoms with Gasteiger partial charge in [0, 0.05) is 0 Å². The van der Waals surface area contributed by atoms with Gasteiger partial charge in [0.15, 0.2) is 0 Å². The van der Waals surface area contributed by atoms with E-state index in [2.05, 4.69) is 27.3 Å². The monoisotopic (exact) mass is 223 g/mol. The summed E-state index contributed by atoms with van der Waals surface area (Å²) in [5.74, 6) is 0. The average Bonchev–Trinajstić information content (AvgIpc) is 1.81. The van der Waals surface area contributed by atoms with Gasteiger partial charge in [0.1, 0.15) is 0 Å². The van der Waals surface area contributed by atoms with Gasteiger partial charge in [-0.05, 0) is 12.2 Å². The van der Waals surface area contributed by atoms with E-state index < -0.39 is 7.82 Å². The summed E-state index contributed by atoms with van der Waals surface area (Å²) in [7, 11) is -0.577. The molecule has 0 bridgehead atoms. The fourth-order valence-electron chi connectivity index (χ4n) is 0.774. The Kier molecular flexibility index (Phi) is 7.91. The summed E-state index contributed by atoms with van der Waals surface area (Å²) in [6, 6.07) is 0. The molecule has 0 rings (SSSR count). The summed E-state index contributed by atoms with van der Waals surface area (Å²) in [5, 5.41) is 0. The minimum atomic E-state index is -4.89. The van der Waals surface area contributed by atoms with Gasteiger partial charge in [0.2, 0.25) is 0 Å². The summed E-state index contributed by atoms with van der Waals surface area (Å²) >= 11 is 0. The minimum Gasteiger partial charge on any atom is -0.756 e. The lowest BCUT2D eigenvalue weighted by atomic mass is 10.4. The molecule has 0 aromatic rings. The average molecular weight is 223 g/mol. The van der Waals surface area contributed by atoms with Gasteiger partial charge in [-0.3, -0.25) is 4.57 Å². The van der Waals surface area contributed by atoms with Crippen LogP contribution in [0.15, 0.2) is 25.3 Å². The lowest BCUT2D eigenvalue weighted by Crippen LogP contribution is -2.39. The van der Waals surface area contributed by atoms with Crippen molar-refractivity contribution in [3.63, 3.8) is 0 Å². The lowest BCUT2D eigenvalue weighted by Gasteiger charge is -2.26. The number of hydrogen-bond donors (Lipinski definition) is 2. The van der Waals surface area contributed by atoms with Gasteiger partial charge >= 0.3 is 0 Å². The van der Waals surface area contributed by atoms with Crippen molar-refractivity contribution in [1.82, 2.24) is 0 Å². The molecule has 0 saturated heterocycles. The Balaban J connectivity index is 0. The highest BCUT2D eigenvalue weighted by molar-refractivity contribution is 7.43. The highest BCUT2D eigenvalue weighted by Gasteiger charge is 2.07. The Morgan fingerprint density at radius 1 is 1.29 bits per heavy atom. The van der Waals surface area contributed by atoms with Crippen LogP contribution < -0.4 is 4.89 Å². The van der Waals surface area contributed by atoms with E-state index in [4.69, 9.17) is 19.2 Å². The first kappa shape index (κ1) is 16.0. The lowest BCUT2D eigenvalue weighted by molar-refractivity contribution is -0.878. The van der Waals surface area contributed by atoms with E-state index >= 15 is 0 Å². The Morgan fingerprint density at radius 3 is 1.64 bits per heavy atom. The topological polar surface area (TPSA) is 80.6 Å². The van der Waals surface area contributed by atoms with Crippen molar-refractivity contribution in [1.29, 1.82) is 0 Å². The molecule has 2 N–H and O–H groups in total. The second-order valence-electron chi connectivity index (χ2n) is 3.37. The molecule has 0 unspecified atom stereocenters. The third-order valence-corrected chi connectivity index (χ3v) is 1.25. The molecule has 0 heterocycles. The van der Waals surface area contributed by atoms with Crippen LogP contribution >= 0.6 is 7.82 Å². The maximum Gasteiger partial charge on any atom is 0.262 e. The van der Waals surface area contributed by atoms with E-state index in [9.17, 15) is 0 Å². The maximum atomic E-state index is 8.77. The van der Waals surface area contributed by atoms with Crippen LogP contribution in [0.2, 0.25) is 0 Å². The predicted molar refractivity (Wildman–Crippen MR) is 54.3 cm³/mol. The first-order chi connectivity index (χ1) is 6.12. The molecule has 0 spiro atoms. The van der Waals surface area contributed by atoms with E-state index in [1.165, 1.54) is 0 Å².